The average molecular weight is 380 g/mol. The monoisotopic (exact) mass is 380 g/mol. The Morgan fingerprint density at radius 1 is 1.23 bits per heavy atom. The maximum absolute atomic E-state index is 12.7. The van der Waals surface area contributed by atoms with E-state index in [1.54, 1.807) is 38.3 Å². The van der Waals surface area contributed by atoms with Crippen molar-refractivity contribution in [2.45, 2.75) is 31.6 Å². The van der Waals surface area contributed by atoms with Crippen LogP contribution in [0.1, 0.15) is 26.0 Å². The molecule has 0 saturated heterocycles. The summed E-state index contributed by atoms with van der Waals surface area (Å²) in [5.74, 6) is 0.858. The zero-order valence-electron chi connectivity index (χ0n) is 15.2. The second kappa shape index (κ2) is 8.86. The Balaban J connectivity index is 2.20. The Labute approximate surface area is 154 Å². The third-order valence-electron chi connectivity index (χ3n) is 3.97. The van der Waals surface area contributed by atoms with E-state index in [9.17, 15) is 13.2 Å². The molecule has 0 radical (unpaired) electrons. The lowest BCUT2D eigenvalue weighted by Crippen LogP contribution is -2.30. The lowest BCUT2D eigenvalue weighted by molar-refractivity contribution is -0.116. The molecule has 1 N–H and O–H groups in total. The summed E-state index contributed by atoms with van der Waals surface area (Å²) in [6.07, 6.45) is 2.22. The number of carbonyl (C=O) groups excluding carboxylic acids is 1. The number of methoxy groups -OCH3 is 1. The fraction of sp³-hybridized carbons (Fsp3) is 0.389. The summed E-state index contributed by atoms with van der Waals surface area (Å²) in [6, 6.07) is 8.00. The molecule has 0 aliphatic rings. The van der Waals surface area contributed by atoms with Crippen molar-refractivity contribution < 1.29 is 22.4 Å². The van der Waals surface area contributed by atoms with E-state index in [-0.39, 0.29) is 17.2 Å². The number of carbonyl (C=O) groups is 1. The van der Waals surface area contributed by atoms with E-state index in [1.807, 2.05) is 0 Å². The van der Waals surface area contributed by atoms with Crippen LogP contribution < -0.4 is 10.1 Å². The highest BCUT2D eigenvalue weighted by molar-refractivity contribution is 7.89. The van der Waals surface area contributed by atoms with Crippen LogP contribution in [0.25, 0.3) is 0 Å². The second-order valence-electron chi connectivity index (χ2n) is 5.58. The van der Waals surface area contributed by atoms with Gasteiger partial charge in [0.2, 0.25) is 15.9 Å². The number of hydrogen-bond acceptors (Lipinski definition) is 5. The molecule has 0 fully saturated rings. The van der Waals surface area contributed by atoms with E-state index in [4.69, 9.17) is 9.15 Å². The van der Waals surface area contributed by atoms with Gasteiger partial charge in [0.05, 0.1) is 24.0 Å². The zero-order chi connectivity index (χ0) is 19.2. The third kappa shape index (κ3) is 4.64. The fourth-order valence-electron chi connectivity index (χ4n) is 2.56. The van der Waals surface area contributed by atoms with Gasteiger partial charge in [0, 0.05) is 25.9 Å². The van der Waals surface area contributed by atoms with Crippen LogP contribution in [0.4, 0.5) is 5.69 Å². The number of furan rings is 1. The number of aryl methyl sites for hydroxylation is 1. The Kier molecular flexibility index (Phi) is 6.82. The van der Waals surface area contributed by atoms with Crippen LogP contribution in [-0.4, -0.2) is 38.8 Å². The smallest absolute Gasteiger partial charge is 0.243 e. The summed E-state index contributed by atoms with van der Waals surface area (Å²) in [5, 5.41) is 2.72. The highest BCUT2D eigenvalue weighted by Gasteiger charge is 2.23. The van der Waals surface area contributed by atoms with E-state index >= 15 is 0 Å². The van der Waals surface area contributed by atoms with Gasteiger partial charge in [-0.1, -0.05) is 13.8 Å². The van der Waals surface area contributed by atoms with Crippen LogP contribution in [-0.2, 0) is 21.2 Å². The lowest BCUT2D eigenvalue weighted by Gasteiger charge is -2.19. The van der Waals surface area contributed by atoms with Gasteiger partial charge < -0.3 is 14.5 Å². The van der Waals surface area contributed by atoms with Crippen molar-refractivity contribution in [3.63, 3.8) is 0 Å². The second-order valence-corrected chi connectivity index (χ2v) is 7.52. The van der Waals surface area contributed by atoms with Crippen molar-refractivity contribution >= 4 is 21.6 Å². The van der Waals surface area contributed by atoms with Crippen LogP contribution >= 0.6 is 0 Å². The number of nitrogens with zero attached hydrogens (tertiary/aromatic N) is 1. The highest BCUT2D eigenvalue weighted by Crippen LogP contribution is 2.29. The minimum atomic E-state index is -3.62. The van der Waals surface area contributed by atoms with Crippen molar-refractivity contribution in [1.82, 2.24) is 4.31 Å². The van der Waals surface area contributed by atoms with E-state index < -0.39 is 10.0 Å². The summed E-state index contributed by atoms with van der Waals surface area (Å²) in [7, 11) is -2.16. The number of benzene rings is 1. The van der Waals surface area contributed by atoms with Crippen molar-refractivity contribution in [3.05, 3.63) is 42.4 Å². The molecule has 2 aromatic rings. The van der Waals surface area contributed by atoms with Gasteiger partial charge >= 0.3 is 0 Å². The number of rotatable bonds is 9. The molecule has 8 heteroatoms. The molecule has 1 aromatic heterocycles. The molecule has 0 spiro atoms. The molecule has 0 bridgehead atoms. The molecule has 142 valence electrons. The zero-order valence-corrected chi connectivity index (χ0v) is 16.0. The van der Waals surface area contributed by atoms with Gasteiger partial charge in [-0.05, 0) is 30.3 Å². The summed E-state index contributed by atoms with van der Waals surface area (Å²) in [5.41, 5.74) is 0.324. The number of anilines is 1. The average Bonchev–Trinajstić information content (AvgIpc) is 3.14. The first-order valence-electron chi connectivity index (χ1n) is 8.42. The first kappa shape index (κ1) is 20.0. The molecular formula is C18H24N2O5S. The Hall–Kier alpha value is -2.32. The lowest BCUT2D eigenvalue weighted by atomic mass is 10.2. The van der Waals surface area contributed by atoms with E-state index in [2.05, 4.69) is 5.32 Å². The number of sulfonamides is 1. The number of amides is 1. The van der Waals surface area contributed by atoms with Gasteiger partial charge in [-0.2, -0.15) is 4.31 Å². The van der Waals surface area contributed by atoms with Gasteiger partial charge in [0.1, 0.15) is 11.5 Å². The Morgan fingerprint density at radius 3 is 2.54 bits per heavy atom. The molecular weight excluding hydrogens is 356 g/mol. The first-order chi connectivity index (χ1) is 12.4. The summed E-state index contributed by atoms with van der Waals surface area (Å²) >= 11 is 0. The van der Waals surface area contributed by atoms with Crippen LogP contribution in [0, 0.1) is 0 Å². The van der Waals surface area contributed by atoms with Gasteiger partial charge in [-0.15, -0.1) is 0 Å². The van der Waals surface area contributed by atoms with Gasteiger partial charge in [-0.25, -0.2) is 8.42 Å². The van der Waals surface area contributed by atoms with Crippen LogP contribution in [0.15, 0.2) is 45.9 Å². The van der Waals surface area contributed by atoms with Crippen molar-refractivity contribution in [2.75, 3.05) is 25.5 Å². The summed E-state index contributed by atoms with van der Waals surface area (Å²) in [6.45, 7) is 4.30. The number of hydrogen-bond donors (Lipinski definition) is 1. The molecule has 7 nitrogen and oxygen atoms in total. The molecule has 2 rings (SSSR count). The Morgan fingerprint density at radius 2 is 1.96 bits per heavy atom. The minimum absolute atomic E-state index is 0.114. The standard InChI is InChI=1S/C18H24N2O5S/c1-4-20(5-2)26(22,23)15-9-10-17(24-3)16(13-15)19-18(21)11-8-14-7-6-12-25-14/h6-7,9-10,12-13H,4-5,8,11H2,1-3H3,(H,19,21). The maximum Gasteiger partial charge on any atom is 0.243 e. The third-order valence-corrected chi connectivity index (χ3v) is 6.01. The molecule has 1 heterocycles. The van der Waals surface area contributed by atoms with E-state index in [0.717, 1.165) is 0 Å². The fourth-order valence-corrected chi connectivity index (χ4v) is 4.05. The van der Waals surface area contributed by atoms with Crippen molar-refractivity contribution in [1.29, 1.82) is 0 Å². The van der Waals surface area contributed by atoms with Crippen LogP contribution in [0.3, 0.4) is 0 Å². The summed E-state index contributed by atoms with van der Waals surface area (Å²) in [4.78, 5) is 12.3. The van der Waals surface area contributed by atoms with Crippen LogP contribution in [0.2, 0.25) is 0 Å². The number of nitrogens with one attached hydrogen (secondary N) is 1. The molecule has 26 heavy (non-hydrogen) atoms. The first-order valence-corrected chi connectivity index (χ1v) is 9.86. The molecule has 0 aliphatic carbocycles. The van der Waals surface area contributed by atoms with Gasteiger partial charge in [0.25, 0.3) is 0 Å². The van der Waals surface area contributed by atoms with E-state index in [0.29, 0.717) is 36.7 Å². The molecule has 1 aromatic carbocycles. The normalized spacial score (nSPS) is 11.5. The molecule has 0 saturated carbocycles. The Bertz CT molecular complexity index is 827. The largest absolute Gasteiger partial charge is 0.495 e. The molecule has 0 unspecified atom stereocenters. The molecule has 0 aliphatic heterocycles. The van der Waals surface area contributed by atoms with Crippen molar-refractivity contribution in [3.8, 4) is 5.75 Å². The summed E-state index contributed by atoms with van der Waals surface area (Å²) < 4.78 is 37.1. The maximum atomic E-state index is 12.7. The predicted molar refractivity (Wildman–Crippen MR) is 98.8 cm³/mol. The number of ether oxygens (including phenoxy) is 1. The topological polar surface area (TPSA) is 88.9 Å². The van der Waals surface area contributed by atoms with Crippen molar-refractivity contribution in [2.24, 2.45) is 0 Å². The highest BCUT2D eigenvalue weighted by atomic mass is 32.2. The minimum Gasteiger partial charge on any atom is -0.495 e. The van der Waals surface area contributed by atoms with E-state index in [1.165, 1.54) is 23.5 Å². The quantitative estimate of drug-likeness (QED) is 0.723. The van der Waals surface area contributed by atoms with Crippen LogP contribution in [0.5, 0.6) is 5.75 Å². The molecule has 0 atom stereocenters. The SMILES string of the molecule is CCN(CC)S(=O)(=O)c1ccc(OC)c(NC(=O)CCc2ccco2)c1. The molecule has 1 amide bonds. The predicted octanol–water partition coefficient (Wildman–Crippen LogP) is 2.89. The van der Waals surface area contributed by atoms with Gasteiger partial charge in [-0.3, -0.25) is 4.79 Å². The van der Waals surface area contributed by atoms with Gasteiger partial charge in [0.15, 0.2) is 0 Å².